The number of carboxylic acid groups (broad SMARTS) is 3. The largest absolute Gasteiger partial charge is 0.490 e. The first-order valence-electron chi connectivity index (χ1n) is 12.3. The van der Waals surface area contributed by atoms with Gasteiger partial charge in [0, 0.05) is 63.4 Å². The van der Waals surface area contributed by atoms with E-state index in [9.17, 15) is 44.3 Å². The van der Waals surface area contributed by atoms with Crippen molar-refractivity contribution in [1.29, 1.82) is 0 Å². The van der Waals surface area contributed by atoms with Crippen LogP contribution in [0.5, 0.6) is 0 Å². The number of carbonyl (C=O) groups is 4. The smallest absolute Gasteiger partial charge is 0.475 e. The third kappa shape index (κ3) is 11.5. The maximum Gasteiger partial charge on any atom is 0.490 e. The Balaban J connectivity index is 0.000000396. The molecule has 2 atom stereocenters. The number of rotatable bonds is 3. The van der Waals surface area contributed by atoms with Gasteiger partial charge in [0.25, 0.3) is 0 Å². The summed E-state index contributed by atoms with van der Waals surface area (Å²) in [6, 6.07) is 6.01. The molecule has 2 aliphatic rings. The Morgan fingerprint density at radius 2 is 1.44 bits per heavy atom. The van der Waals surface area contributed by atoms with Crippen LogP contribution >= 0.6 is 0 Å². The number of aliphatic carboxylic acids is 3. The van der Waals surface area contributed by atoms with E-state index >= 15 is 0 Å². The molecular weight excluding hydrogens is 641 g/mol. The van der Waals surface area contributed by atoms with Crippen molar-refractivity contribution in [3.63, 3.8) is 0 Å². The Labute approximate surface area is 247 Å². The van der Waals surface area contributed by atoms with Gasteiger partial charge in [-0.25, -0.2) is 14.4 Å². The summed E-state index contributed by atoms with van der Waals surface area (Å²) >= 11 is 0. The van der Waals surface area contributed by atoms with Crippen LogP contribution in [0.4, 0.5) is 39.5 Å². The second kappa shape index (κ2) is 15.5. The number of nitrogens with zero attached hydrogens (tertiary/aromatic N) is 4. The zero-order chi connectivity index (χ0) is 34.8. The predicted molar refractivity (Wildman–Crippen MR) is 131 cm³/mol. The molecule has 1 amide bonds. The van der Waals surface area contributed by atoms with Crippen molar-refractivity contribution in [1.82, 2.24) is 25.0 Å². The number of pyridine rings is 1. The van der Waals surface area contributed by atoms with E-state index in [0.717, 1.165) is 43.7 Å². The molecule has 4 heterocycles. The number of likely N-dealkylation sites (tertiary alicyclic amines) is 1. The molecule has 2 aromatic rings. The highest BCUT2D eigenvalue weighted by atomic mass is 19.4. The number of aryl methyl sites for hydroxylation is 1. The zero-order valence-electron chi connectivity index (χ0n) is 22.9. The van der Waals surface area contributed by atoms with E-state index in [1.165, 1.54) is 0 Å². The summed E-state index contributed by atoms with van der Waals surface area (Å²) in [5, 5.41) is 29.1. The van der Waals surface area contributed by atoms with Gasteiger partial charge in [-0.1, -0.05) is 6.07 Å². The molecule has 2 aromatic heterocycles. The van der Waals surface area contributed by atoms with Gasteiger partial charge in [0.05, 0.1) is 5.41 Å². The van der Waals surface area contributed by atoms with Crippen LogP contribution in [-0.4, -0.2) is 97.0 Å². The van der Waals surface area contributed by atoms with Crippen LogP contribution < -0.4 is 5.32 Å². The van der Waals surface area contributed by atoms with E-state index in [1.807, 2.05) is 47.2 Å². The van der Waals surface area contributed by atoms with E-state index in [0.29, 0.717) is 6.54 Å². The Kier molecular flexibility index (Phi) is 13.3. The van der Waals surface area contributed by atoms with Crippen LogP contribution in [0.25, 0.3) is 0 Å². The van der Waals surface area contributed by atoms with Crippen molar-refractivity contribution >= 4 is 23.8 Å². The minimum Gasteiger partial charge on any atom is -0.475 e. The summed E-state index contributed by atoms with van der Waals surface area (Å²) in [4.78, 5) is 46.3. The van der Waals surface area contributed by atoms with E-state index in [1.54, 1.807) is 6.20 Å². The molecule has 0 bridgehead atoms. The van der Waals surface area contributed by atoms with Crippen LogP contribution in [0.15, 0.2) is 36.8 Å². The maximum atomic E-state index is 13.4. The summed E-state index contributed by atoms with van der Waals surface area (Å²) in [6.45, 7) is 3.07. The molecular formula is C24H26F9N5O7. The molecule has 4 N–H and O–H groups in total. The summed E-state index contributed by atoms with van der Waals surface area (Å²) in [5.74, 6) is -7.81. The van der Waals surface area contributed by atoms with Crippen molar-refractivity contribution in [2.75, 3.05) is 19.6 Å². The monoisotopic (exact) mass is 667 g/mol. The average Bonchev–Trinajstić information content (AvgIpc) is 3.53. The summed E-state index contributed by atoms with van der Waals surface area (Å²) < 4.78 is 97.1. The Bertz CT molecular complexity index is 1240. The average molecular weight is 667 g/mol. The van der Waals surface area contributed by atoms with Crippen molar-refractivity contribution < 1.29 is 74.0 Å². The number of carboxylic acids is 3. The van der Waals surface area contributed by atoms with Crippen LogP contribution in [0.1, 0.15) is 30.0 Å². The second-order valence-electron chi connectivity index (χ2n) is 9.32. The SMILES string of the molecule is Cn1nccc1[C@H]1CNC[C@@]12CCCN(Cc1cccnc1)C2=O.O=C(O)C(F)(F)F.O=C(O)C(F)(F)F.O=C(O)C(F)(F)F. The molecule has 0 aromatic carbocycles. The fourth-order valence-corrected chi connectivity index (χ4v) is 4.33. The summed E-state index contributed by atoms with van der Waals surface area (Å²) in [6.07, 6.45) is -7.83. The molecule has 2 saturated heterocycles. The highest BCUT2D eigenvalue weighted by Crippen LogP contribution is 2.46. The van der Waals surface area contributed by atoms with Gasteiger partial charge in [0.1, 0.15) is 0 Å². The summed E-state index contributed by atoms with van der Waals surface area (Å²) in [7, 11) is 1.96. The Morgan fingerprint density at radius 3 is 1.84 bits per heavy atom. The molecule has 0 unspecified atom stereocenters. The van der Waals surface area contributed by atoms with Crippen LogP contribution in [0, 0.1) is 5.41 Å². The van der Waals surface area contributed by atoms with Gasteiger partial charge in [0.15, 0.2) is 0 Å². The van der Waals surface area contributed by atoms with Gasteiger partial charge >= 0.3 is 36.4 Å². The number of nitrogens with one attached hydrogen (secondary N) is 1. The Morgan fingerprint density at radius 1 is 0.933 bits per heavy atom. The van der Waals surface area contributed by atoms with Crippen molar-refractivity contribution in [2.24, 2.45) is 12.5 Å². The lowest BCUT2D eigenvalue weighted by atomic mass is 9.70. The molecule has 0 aliphatic carbocycles. The van der Waals surface area contributed by atoms with Gasteiger partial charge in [-0.15, -0.1) is 0 Å². The predicted octanol–water partition coefficient (Wildman–Crippen LogP) is 3.21. The lowest BCUT2D eigenvalue weighted by Crippen LogP contribution is -2.51. The molecule has 12 nitrogen and oxygen atoms in total. The number of amides is 1. The molecule has 45 heavy (non-hydrogen) atoms. The quantitative estimate of drug-likeness (QED) is 0.356. The van der Waals surface area contributed by atoms with Crippen molar-refractivity contribution in [3.8, 4) is 0 Å². The normalized spacial score (nSPS) is 19.7. The highest BCUT2D eigenvalue weighted by molar-refractivity contribution is 5.85. The van der Waals surface area contributed by atoms with Crippen molar-refractivity contribution in [2.45, 2.75) is 43.8 Å². The van der Waals surface area contributed by atoms with Gasteiger partial charge in [-0.05, 0) is 30.5 Å². The van der Waals surface area contributed by atoms with Crippen LogP contribution in [-0.2, 0) is 32.8 Å². The van der Waals surface area contributed by atoms with Gasteiger partial charge < -0.3 is 25.5 Å². The molecule has 0 radical (unpaired) electrons. The number of piperidine rings is 1. The van der Waals surface area contributed by atoms with E-state index < -0.39 is 36.4 Å². The number of hydrogen-bond donors (Lipinski definition) is 4. The first kappa shape index (κ1) is 38.6. The van der Waals surface area contributed by atoms with E-state index in [4.69, 9.17) is 29.7 Å². The van der Waals surface area contributed by atoms with E-state index in [-0.39, 0.29) is 17.2 Å². The summed E-state index contributed by atoms with van der Waals surface area (Å²) in [5.41, 5.74) is 1.90. The number of hydrogen-bond acceptors (Lipinski definition) is 7. The zero-order valence-corrected chi connectivity index (χ0v) is 22.9. The highest BCUT2D eigenvalue weighted by Gasteiger charge is 2.53. The van der Waals surface area contributed by atoms with Gasteiger partial charge in [-0.3, -0.25) is 14.5 Å². The molecule has 1 spiro atoms. The van der Waals surface area contributed by atoms with Gasteiger partial charge in [0.2, 0.25) is 5.91 Å². The van der Waals surface area contributed by atoms with Crippen molar-refractivity contribution in [3.05, 3.63) is 48.0 Å². The minimum atomic E-state index is -5.08. The Hall–Kier alpha value is -4.43. The first-order valence-corrected chi connectivity index (χ1v) is 12.3. The molecule has 0 saturated carbocycles. The topological polar surface area (TPSA) is 175 Å². The number of aromatic nitrogens is 3. The molecule has 21 heteroatoms. The molecule has 4 rings (SSSR count). The van der Waals surface area contributed by atoms with Gasteiger partial charge in [-0.2, -0.15) is 44.6 Å². The maximum absolute atomic E-state index is 13.4. The third-order valence-corrected chi connectivity index (χ3v) is 6.26. The third-order valence-electron chi connectivity index (χ3n) is 6.26. The van der Waals surface area contributed by atoms with E-state index in [2.05, 4.69) is 15.4 Å². The fraction of sp³-hybridized carbons (Fsp3) is 0.500. The lowest BCUT2D eigenvalue weighted by molar-refractivity contribution is -0.193. The number of carbonyl (C=O) groups excluding carboxylic acids is 1. The fourth-order valence-electron chi connectivity index (χ4n) is 4.33. The first-order chi connectivity index (χ1) is 20.5. The number of alkyl halides is 9. The number of halogens is 9. The second-order valence-corrected chi connectivity index (χ2v) is 9.32. The molecule has 2 aliphatic heterocycles. The molecule has 2 fully saturated rings. The standard InChI is InChI=1S/C18H23N5O.3C2HF3O2/c1-22-16(5-8-21-22)15-11-20-13-18(15)6-3-9-23(17(18)24)12-14-4-2-7-19-10-14;3*3-2(4,5)1(6)7/h2,4-5,7-8,10,15,20H,3,6,9,11-13H2,1H3;3*(H,6,7)/t15-,18+;;;/m1.../s1. The minimum absolute atomic E-state index is 0.189. The van der Waals surface area contributed by atoms with Crippen LogP contribution in [0.3, 0.4) is 0 Å². The lowest BCUT2D eigenvalue weighted by Gasteiger charge is -2.42. The molecule has 252 valence electrons. The van der Waals surface area contributed by atoms with Crippen LogP contribution in [0.2, 0.25) is 0 Å².